The van der Waals surface area contributed by atoms with Crippen LogP contribution in [0.5, 0.6) is 0 Å². The van der Waals surface area contributed by atoms with Crippen molar-refractivity contribution >= 4 is 11.8 Å². The molecule has 4 heteroatoms. The lowest BCUT2D eigenvalue weighted by Gasteiger charge is -2.16. The lowest BCUT2D eigenvalue weighted by Crippen LogP contribution is -2.34. The first-order valence-corrected chi connectivity index (χ1v) is 8.75. The van der Waals surface area contributed by atoms with Crippen LogP contribution in [0.4, 0.5) is 0 Å². The molecular formula is C19H28N2O2. The van der Waals surface area contributed by atoms with Gasteiger partial charge in [0.25, 0.3) is 11.8 Å². The monoisotopic (exact) mass is 316 g/mol. The fourth-order valence-electron chi connectivity index (χ4n) is 2.89. The number of amides is 2. The number of carbonyl (C=O) groups excluding carboxylic acids is 2. The predicted octanol–water partition coefficient (Wildman–Crippen LogP) is 3.53. The van der Waals surface area contributed by atoms with Crippen molar-refractivity contribution in [2.75, 3.05) is 6.54 Å². The summed E-state index contributed by atoms with van der Waals surface area (Å²) in [5.41, 5.74) is 1.10. The Kier molecular flexibility index (Phi) is 6.63. The molecule has 0 aromatic heterocycles. The van der Waals surface area contributed by atoms with Gasteiger partial charge in [-0.05, 0) is 37.0 Å². The summed E-state index contributed by atoms with van der Waals surface area (Å²) in [5.74, 6) is 0.207. The van der Waals surface area contributed by atoms with Crippen LogP contribution in [0.15, 0.2) is 24.3 Å². The Labute approximate surface area is 139 Å². The summed E-state index contributed by atoms with van der Waals surface area (Å²) in [6.45, 7) is 4.74. The van der Waals surface area contributed by atoms with Crippen molar-refractivity contribution in [3.63, 3.8) is 0 Å². The van der Waals surface area contributed by atoms with Gasteiger partial charge in [-0.25, -0.2) is 0 Å². The minimum Gasteiger partial charge on any atom is -0.352 e. The van der Waals surface area contributed by atoms with E-state index in [4.69, 9.17) is 0 Å². The molecule has 2 amide bonds. The van der Waals surface area contributed by atoms with E-state index in [2.05, 4.69) is 24.5 Å². The Bertz CT molecular complexity index is 532. The van der Waals surface area contributed by atoms with Crippen LogP contribution in [-0.4, -0.2) is 24.4 Å². The van der Waals surface area contributed by atoms with Crippen LogP contribution in [0, 0.1) is 5.92 Å². The first kappa shape index (κ1) is 17.5. The van der Waals surface area contributed by atoms with Crippen LogP contribution in [0.1, 0.15) is 73.1 Å². The summed E-state index contributed by atoms with van der Waals surface area (Å²) in [5, 5.41) is 6.00. The lowest BCUT2D eigenvalue weighted by molar-refractivity contribution is 0.0933. The molecule has 126 valence electrons. The second-order valence-corrected chi connectivity index (χ2v) is 6.85. The molecule has 2 N–H and O–H groups in total. The molecule has 2 rings (SSSR count). The largest absolute Gasteiger partial charge is 0.352 e. The lowest BCUT2D eigenvalue weighted by atomic mass is 10.1. The normalized spacial score (nSPS) is 16.0. The zero-order chi connectivity index (χ0) is 16.7. The van der Waals surface area contributed by atoms with Gasteiger partial charge in [-0.2, -0.15) is 0 Å². The number of hydrogen-bond acceptors (Lipinski definition) is 2. The first-order chi connectivity index (χ1) is 11.1. The zero-order valence-electron chi connectivity index (χ0n) is 14.2. The maximum absolute atomic E-state index is 12.4. The highest BCUT2D eigenvalue weighted by Gasteiger charge is 2.16. The minimum absolute atomic E-state index is 0.0737. The molecule has 0 atom stereocenters. The van der Waals surface area contributed by atoms with E-state index >= 15 is 0 Å². The maximum Gasteiger partial charge on any atom is 0.251 e. The third kappa shape index (κ3) is 5.70. The average molecular weight is 316 g/mol. The third-order valence-corrected chi connectivity index (χ3v) is 4.25. The SMILES string of the molecule is CC(C)CNC(=O)c1cccc(C(=O)NC2CCCCCC2)c1. The van der Waals surface area contributed by atoms with Gasteiger partial charge in [0.2, 0.25) is 0 Å². The molecule has 0 bridgehead atoms. The van der Waals surface area contributed by atoms with E-state index in [1.807, 2.05) is 0 Å². The van der Waals surface area contributed by atoms with Crippen LogP contribution in [0.3, 0.4) is 0 Å². The van der Waals surface area contributed by atoms with Gasteiger partial charge in [0.05, 0.1) is 0 Å². The molecule has 23 heavy (non-hydrogen) atoms. The zero-order valence-corrected chi connectivity index (χ0v) is 14.2. The summed E-state index contributed by atoms with van der Waals surface area (Å²) >= 11 is 0. The van der Waals surface area contributed by atoms with Crippen molar-refractivity contribution in [2.45, 2.75) is 58.4 Å². The molecule has 1 aromatic carbocycles. The van der Waals surface area contributed by atoms with Crippen LogP contribution in [0.2, 0.25) is 0 Å². The van der Waals surface area contributed by atoms with Gasteiger partial charge in [-0.3, -0.25) is 9.59 Å². The Morgan fingerprint density at radius 1 is 1.04 bits per heavy atom. The van der Waals surface area contributed by atoms with E-state index in [0.29, 0.717) is 23.6 Å². The van der Waals surface area contributed by atoms with E-state index in [-0.39, 0.29) is 17.9 Å². The summed E-state index contributed by atoms with van der Waals surface area (Å²) in [6, 6.07) is 7.24. The number of carbonyl (C=O) groups is 2. The summed E-state index contributed by atoms with van der Waals surface area (Å²) in [4.78, 5) is 24.5. The van der Waals surface area contributed by atoms with Crippen molar-refractivity contribution < 1.29 is 9.59 Å². The molecule has 1 aliphatic carbocycles. The highest BCUT2D eigenvalue weighted by molar-refractivity contribution is 5.99. The molecule has 1 aromatic rings. The van der Waals surface area contributed by atoms with Crippen molar-refractivity contribution in [2.24, 2.45) is 5.92 Å². The average Bonchev–Trinajstić information content (AvgIpc) is 2.81. The first-order valence-electron chi connectivity index (χ1n) is 8.75. The molecule has 0 radical (unpaired) electrons. The fourth-order valence-corrected chi connectivity index (χ4v) is 2.89. The van der Waals surface area contributed by atoms with Gasteiger partial charge < -0.3 is 10.6 Å². The third-order valence-electron chi connectivity index (χ3n) is 4.25. The van der Waals surface area contributed by atoms with Crippen LogP contribution >= 0.6 is 0 Å². The van der Waals surface area contributed by atoms with Gasteiger partial charge in [-0.1, -0.05) is 45.6 Å². The van der Waals surface area contributed by atoms with Gasteiger partial charge >= 0.3 is 0 Å². The molecule has 0 heterocycles. The Morgan fingerprint density at radius 3 is 2.26 bits per heavy atom. The second-order valence-electron chi connectivity index (χ2n) is 6.85. The standard InChI is InChI=1S/C19H28N2O2/c1-14(2)13-20-18(22)15-8-7-9-16(12-15)19(23)21-17-10-5-3-4-6-11-17/h7-9,12,14,17H,3-6,10-11,13H2,1-2H3,(H,20,22)(H,21,23). The van der Waals surface area contributed by atoms with E-state index < -0.39 is 0 Å². The Balaban J connectivity index is 1.97. The van der Waals surface area contributed by atoms with Crippen LogP contribution in [0.25, 0.3) is 0 Å². The van der Waals surface area contributed by atoms with E-state index in [1.165, 1.54) is 25.7 Å². The predicted molar refractivity (Wildman–Crippen MR) is 92.6 cm³/mol. The van der Waals surface area contributed by atoms with Crippen molar-refractivity contribution in [1.82, 2.24) is 10.6 Å². The van der Waals surface area contributed by atoms with Gasteiger partial charge in [0.1, 0.15) is 0 Å². The Morgan fingerprint density at radius 2 is 1.65 bits per heavy atom. The number of nitrogens with one attached hydrogen (secondary N) is 2. The highest BCUT2D eigenvalue weighted by atomic mass is 16.2. The van der Waals surface area contributed by atoms with Crippen LogP contribution in [-0.2, 0) is 0 Å². The van der Waals surface area contributed by atoms with Gasteiger partial charge in [0.15, 0.2) is 0 Å². The van der Waals surface area contributed by atoms with Crippen LogP contribution < -0.4 is 10.6 Å². The molecule has 0 aliphatic heterocycles. The van der Waals surface area contributed by atoms with Crippen molar-refractivity contribution in [3.05, 3.63) is 35.4 Å². The van der Waals surface area contributed by atoms with Crippen molar-refractivity contribution in [3.8, 4) is 0 Å². The summed E-state index contributed by atoms with van der Waals surface area (Å²) in [7, 11) is 0. The topological polar surface area (TPSA) is 58.2 Å². The molecule has 1 aliphatic rings. The molecule has 0 saturated heterocycles. The smallest absolute Gasteiger partial charge is 0.251 e. The van der Waals surface area contributed by atoms with Gasteiger partial charge in [-0.15, -0.1) is 0 Å². The number of hydrogen-bond donors (Lipinski definition) is 2. The fraction of sp³-hybridized carbons (Fsp3) is 0.579. The minimum atomic E-state index is -0.122. The molecule has 4 nitrogen and oxygen atoms in total. The van der Waals surface area contributed by atoms with E-state index in [0.717, 1.165) is 12.8 Å². The van der Waals surface area contributed by atoms with Gasteiger partial charge in [0, 0.05) is 23.7 Å². The quantitative estimate of drug-likeness (QED) is 0.817. The molecule has 0 spiro atoms. The highest BCUT2D eigenvalue weighted by Crippen LogP contribution is 2.17. The number of rotatable bonds is 5. The molecule has 1 fully saturated rings. The van der Waals surface area contributed by atoms with E-state index in [1.54, 1.807) is 24.3 Å². The molecular weight excluding hydrogens is 288 g/mol. The maximum atomic E-state index is 12.4. The summed E-state index contributed by atoms with van der Waals surface area (Å²) < 4.78 is 0. The second kappa shape index (κ2) is 8.70. The molecule has 0 unspecified atom stereocenters. The molecule has 1 saturated carbocycles. The van der Waals surface area contributed by atoms with Crippen molar-refractivity contribution in [1.29, 1.82) is 0 Å². The van der Waals surface area contributed by atoms with E-state index in [9.17, 15) is 9.59 Å². The number of benzene rings is 1. The summed E-state index contributed by atoms with van der Waals surface area (Å²) in [6.07, 6.45) is 7.00. The Hall–Kier alpha value is -1.84.